The van der Waals surface area contributed by atoms with Crippen molar-refractivity contribution in [2.24, 2.45) is 0 Å². The van der Waals surface area contributed by atoms with Crippen LogP contribution in [0.4, 0.5) is 4.39 Å². The van der Waals surface area contributed by atoms with Crippen molar-refractivity contribution in [3.8, 4) is 5.75 Å². The minimum Gasteiger partial charge on any atom is -0.497 e. The number of nitrogens with one attached hydrogen (secondary N) is 1. The summed E-state index contributed by atoms with van der Waals surface area (Å²) < 4.78 is 18.1. The SMILES string of the molecule is CNC(CCc1ccc(OC)cc1)c1ccc(F)cc1. The zero-order chi connectivity index (χ0) is 14.4. The lowest BCUT2D eigenvalue weighted by molar-refractivity contribution is 0.414. The monoisotopic (exact) mass is 273 g/mol. The van der Waals surface area contributed by atoms with Gasteiger partial charge in [0.2, 0.25) is 0 Å². The summed E-state index contributed by atoms with van der Waals surface area (Å²) in [5, 5.41) is 3.28. The lowest BCUT2D eigenvalue weighted by Crippen LogP contribution is -2.17. The molecule has 1 unspecified atom stereocenters. The Morgan fingerprint density at radius 2 is 1.70 bits per heavy atom. The van der Waals surface area contributed by atoms with Crippen LogP contribution in [-0.2, 0) is 6.42 Å². The molecule has 0 heterocycles. The molecule has 0 saturated carbocycles. The van der Waals surface area contributed by atoms with E-state index in [1.807, 2.05) is 31.3 Å². The fraction of sp³-hybridized carbons (Fsp3) is 0.294. The van der Waals surface area contributed by atoms with Gasteiger partial charge in [-0.3, -0.25) is 0 Å². The molecule has 0 spiro atoms. The zero-order valence-electron chi connectivity index (χ0n) is 11.9. The maximum Gasteiger partial charge on any atom is 0.123 e. The van der Waals surface area contributed by atoms with Crippen molar-refractivity contribution in [1.29, 1.82) is 0 Å². The summed E-state index contributed by atoms with van der Waals surface area (Å²) in [6.45, 7) is 0. The highest BCUT2D eigenvalue weighted by Crippen LogP contribution is 2.20. The quantitative estimate of drug-likeness (QED) is 0.866. The first kappa shape index (κ1) is 14.5. The van der Waals surface area contributed by atoms with Gasteiger partial charge >= 0.3 is 0 Å². The third-order valence-electron chi connectivity index (χ3n) is 3.50. The first-order chi connectivity index (χ1) is 9.72. The molecule has 0 radical (unpaired) electrons. The summed E-state index contributed by atoms with van der Waals surface area (Å²) in [5.74, 6) is 0.677. The molecule has 0 bridgehead atoms. The number of ether oxygens (including phenoxy) is 1. The topological polar surface area (TPSA) is 21.3 Å². The number of hydrogen-bond acceptors (Lipinski definition) is 2. The van der Waals surface area contributed by atoms with Crippen molar-refractivity contribution < 1.29 is 9.13 Å². The third kappa shape index (κ3) is 3.81. The Balaban J connectivity index is 1.97. The Bertz CT molecular complexity index is 522. The highest BCUT2D eigenvalue weighted by atomic mass is 19.1. The van der Waals surface area contributed by atoms with Gasteiger partial charge in [-0.1, -0.05) is 24.3 Å². The molecule has 106 valence electrons. The van der Waals surface area contributed by atoms with Crippen molar-refractivity contribution in [2.75, 3.05) is 14.2 Å². The summed E-state index contributed by atoms with van der Waals surface area (Å²) in [6.07, 6.45) is 1.93. The van der Waals surface area contributed by atoms with Crippen LogP contribution < -0.4 is 10.1 Å². The molecular formula is C17H20FNO. The zero-order valence-corrected chi connectivity index (χ0v) is 11.9. The van der Waals surface area contributed by atoms with Crippen molar-refractivity contribution in [3.05, 3.63) is 65.5 Å². The number of aryl methyl sites for hydroxylation is 1. The molecule has 0 aliphatic heterocycles. The molecule has 0 amide bonds. The molecule has 0 aromatic heterocycles. The highest BCUT2D eigenvalue weighted by Gasteiger charge is 2.09. The molecule has 0 aliphatic rings. The second-order valence-electron chi connectivity index (χ2n) is 4.78. The third-order valence-corrected chi connectivity index (χ3v) is 3.50. The highest BCUT2D eigenvalue weighted by molar-refractivity contribution is 5.27. The van der Waals surface area contributed by atoms with Gasteiger partial charge < -0.3 is 10.1 Å². The van der Waals surface area contributed by atoms with Crippen LogP contribution in [0.15, 0.2) is 48.5 Å². The van der Waals surface area contributed by atoms with Crippen LogP contribution in [0.25, 0.3) is 0 Å². The Kier molecular flexibility index (Phi) is 5.13. The van der Waals surface area contributed by atoms with Crippen LogP contribution in [-0.4, -0.2) is 14.2 Å². The summed E-state index contributed by atoms with van der Waals surface area (Å²) in [5.41, 5.74) is 2.38. The van der Waals surface area contributed by atoms with Crippen molar-refractivity contribution in [1.82, 2.24) is 5.32 Å². The molecule has 2 rings (SSSR count). The van der Waals surface area contributed by atoms with Crippen LogP contribution in [0.2, 0.25) is 0 Å². The van der Waals surface area contributed by atoms with E-state index in [4.69, 9.17) is 4.74 Å². The minimum absolute atomic E-state index is 0.196. The van der Waals surface area contributed by atoms with Crippen molar-refractivity contribution in [2.45, 2.75) is 18.9 Å². The molecule has 0 saturated heterocycles. The molecule has 2 aromatic rings. The summed E-state index contributed by atoms with van der Waals surface area (Å²) in [4.78, 5) is 0. The average molecular weight is 273 g/mol. The van der Waals surface area contributed by atoms with Gasteiger partial charge in [-0.05, 0) is 55.3 Å². The number of hydrogen-bond donors (Lipinski definition) is 1. The molecule has 0 aliphatic carbocycles. The largest absolute Gasteiger partial charge is 0.497 e. The van der Waals surface area contributed by atoms with E-state index < -0.39 is 0 Å². The summed E-state index contributed by atoms with van der Waals surface area (Å²) in [6, 6.07) is 15.0. The van der Waals surface area contributed by atoms with E-state index in [9.17, 15) is 4.39 Å². The van der Waals surface area contributed by atoms with Crippen LogP contribution in [0.3, 0.4) is 0 Å². The Labute approximate surface area is 119 Å². The van der Waals surface area contributed by atoms with Crippen molar-refractivity contribution in [3.63, 3.8) is 0 Å². The predicted molar refractivity (Wildman–Crippen MR) is 79.5 cm³/mol. The first-order valence-corrected chi connectivity index (χ1v) is 6.78. The second-order valence-corrected chi connectivity index (χ2v) is 4.78. The average Bonchev–Trinajstić information content (AvgIpc) is 2.50. The first-order valence-electron chi connectivity index (χ1n) is 6.78. The van der Waals surface area contributed by atoms with Gasteiger partial charge in [0, 0.05) is 6.04 Å². The van der Waals surface area contributed by atoms with Crippen LogP contribution in [0, 0.1) is 5.82 Å². The van der Waals surface area contributed by atoms with Crippen LogP contribution in [0.5, 0.6) is 5.75 Å². The number of methoxy groups -OCH3 is 1. The van der Waals surface area contributed by atoms with Crippen LogP contribution >= 0.6 is 0 Å². The number of halogens is 1. The second kappa shape index (κ2) is 7.06. The maximum atomic E-state index is 12.9. The lowest BCUT2D eigenvalue weighted by atomic mass is 9.99. The van der Waals surface area contributed by atoms with Gasteiger partial charge in [0.05, 0.1) is 7.11 Å². The van der Waals surface area contributed by atoms with E-state index >= 15 is 0 Å². The van der Waals surface area contributed by atoms with Gasteiger partial charge in [-0.15, -0.1) is 0 Å². The van der Waals surface area contributed by atoms with E-state index in [0.717, 1.165) is 24.2 Å². The Morgan fingerprint density at radius 1 is 1.05 bits per heavy atom. The normalized spacial score (nSPS) is 12.2. The number of rotatable bonds is 6. The lowest BCUT2D eigenvalue weighted by Gasteiger charge is -2.16. The van der Waals surface area contributed by atoms with Gasteiger partial charge in [-0.2, -0.15) is 0 Å². The van der Waals surface area contributed by atoms with E-state index in [1.54, 1.807) is 7.11 Å². The van der Waals surface area contributed by atoms with Crippen molar-refractivity contribution >= 4 is 0 Å². The van der Waals surface area contributed by atoms with E-state index in [-0.39, 0.29) is 11.9 Å². The molecular weight excluding hydrogens is 253 g/mol. The van der Waals surface area contributed by atoms with E-state index in [1.165, 1.54) is 17.7 Å². The van der Waals surface area contributed by atoms with E-state index in [2.05, 4.69) is 17.4 Å². The molecule has 3 heteroatoms. The van der Waals surface area contributed by atoms with Gasteiger partial charge in [0.1, 0.15) is 11.6 Å². The van der Waals surface area contributed by atoms with Crippen LogP contribution in [0.1, 0.15) is 23.6 Å². The maximum absolute atomic E-state index is 12.9. The molecule has 2 aromatic carbocycles. The number of benzene rings is 2. The molecule has 1 N–H and O–H groups in total. The summed E-state index contributed by atoms with van der Waals surface area (Å²) >= 11 is 0. The standard InChI is InChI=1S/C17H20FNO/c1-19-17(14-6-8-15(18)9-7-14)12-5-13-3-10-16(20-2)11-4-13/h3-4,6-11,17,19H,5,12H2,1-2H3. The van der Waals surface area contributed by atoms with Gasteiger partial charge in [-0.25, -0.2) is 4.39 Å². The predicted octanol–water partition coefficient (Wildman–Crippen LogP) is 3.73. The molecule has 2 nitrogen and oxygen atoms in total. The molecule has 20 heavy (non-hydrogen) atoms. The Hall–Kier alpha value is -1.87. The smallest absolute Gasteiger partial charge is 0.123 e. The Morgan fingerprint density at radius 3 is 2.25 bits per heavy atom. The van der Waals surface area contributed by atoms with E-state index in [0.29, 0.717) is 0 Å². The van der Waals surface area contributed by atoms with Gasteiger partial charge in [0.25, 0.3) is 0 Å². The molecule has 0 fully saturated rings. The summed E-state index contributed by atoms with van der Waals surface area (Å²) in [7, 11) is 3.60. The van der Waals surface area contributed by atoms with Gasteiger partial charge in [0.15, 0.2) is 0 Å². The fourth-order valence-electron chi connectivity index (χ4n) is 2.28. The minimum atomic E-state index is -0.196. The fourth-order valence-corrected chi connectivity index (χ4v) is 2.28. The molecule has 1 atom stereocenters.